The predicted molar refractivity (Wildman–Crippen MR) is 82.4 cm³/mol. The van der Waals surface area contributed by atoms with Gasteiger partial charge in [0.15, 0.2) is 0 Å². The average molecular weight is 352 g/mol. The summed E-state index contributed by atoms with van der Waals surface area (Å²) in [6.07, 6.45) is 3.94. The van der Waals surface area contributed by atoms with E-state index in [4.69, 9.17) is 5.73 Å². The van der Waals surface area contributed by atoms with E-state index < -0.39 is 0 Å². The fraction of sp³-hybridized carbons (Fsp3) is 0.267. The minimum atomic E-state index is -0.326. The molecule has 0 saturated heterocycles. The molecule has 1 heterocycles. The molecule has 0 aliphatic heterocycles. The molecular weight excluding hydrogens is 337 g/mol. The van der Waals surface area contributed by atoms with Crippen molar-refractivity contribution in [1.29, 1.82) is 0 Å². The van der Waals surface area contributed by atoms with E-state index in [2.05, 4.69) is 21.2 Å². The third kappa shape index (κ3) is 3.10. The maximum Gasteiger partial charge on any atom is 0.268 e. The lowest BCUT2D eigenvalue weighted by molar-refractivity contribution is 0.0941. The van der Waals surface area contributed by atoms with Crippen LogP contribution in [0.2, 0.25) is 0 Å². The molecule has 3 rings (SSSR count). The molecule has 4 nitrogen and oxygen atoms in total. The smallest absolute Gasteiger partial charge is 0.268 e. The summed E-state index contributed by atoms with van der Waals surface area (Å²) in [6.45, 7) is 0.257. The van der Waals surface area contributed by atoms with Crippen molar-refractivity contribution in [1.82, 2.24) is 9.88 Å². The van der Waals surface area contributed by atoms with Gasteiger partial charge in [0.05, 0.1) is 5.69 Å². The summed E-state index contributed by atoms with van der Waals surface area (Å²) in [5.74, 6) is -0.525. The number of nitrogens with zero attached hydrogens (tertiary/aromatic N) is 1. The molecule has 1 aromatic heterocycles. The van der Waals surface area contributed by atoms with E-state index in [9.17, 15) is 9.18 Å². The van der Waals surface area contributed by atoms with Gasteiger partial charge in [-0.25, -0.2) is 4.39 Å². The molecule has 1 fully saturated rings. The molecule has 6 heteroatoms. The maximum absolute atomic E-state index is 13.2. The monoisotopic (exact) mass is 351 g/mol. The van der Waals surface area contributed by atoms with Gasteiger partial charge >= 0.3 is 0 Å². The molecule has 1 amide bonds. The van der Waals surface area contributed by atoms with E-state index in [-0.39, 0.29) is 18.3 Å². The lowest BCUT2D eigenvalue weighted by atomic mass is 10.2. The molecule has 3 N–H and O–H groups in total. The van der Waals surface area contributed by atoms with Crippen molar-refractivity contribution in [2.45, 2.75) is 25.4 Å². The van der Waals surface area contributed by atoms with Crippen molar-refractivity contribution >= 4 is 27.5 Å². The number of hydrogen-bond donors (Lipinski definition) is 2. The predicted octanol–water partition coefficient (Wildman–Crippen LogP) is 3.24. The third-order valence-corrected chi connectivity index (χ3v) is 4.26. The number of nitrogens with one attached hydrogen (secondary N) is 1. The van der Waals surface area contributed by atoms with Crippen LogP contribution in [0.25, 0.3) is 0 Å². The van der Waals surface area contributed by atoms with E-state index in [0.717, 1.165) is 17.3 Å². The Labute approximate surface area is 130 Å². The first-order chi connectivity index (χ1) is 10.0. The normalized spacial score (nSPS) is 14.2. The molecule has 2 aromatic rings. The molecule has 21 heavy (non-hydrogen) atoms. The number of aromatic nitrogens is 1. The van der Waals surface area contributed by atoms with Gasteiger partial charge in [-0.2, -0.15) is 0 Å². The highest BCUT2D eigenvalue weighted by molar-refractivity contribution is 9.10. The minimum absolute atomic E-state index is 0.199. The van der Waals surface area contributed by atoms with E-state index in [1.54, 1.807) is 18.3 Å². The summed E-state index contributed by atoms with van der Waals surface area (Å²) in [5.41, 5.74) is 7.61. The van der Waals surface area contributed by atoms with Crippen molar-refractivity contribution in [3.8, 4) is 0 Å². The first-order valence-electron chi connectivity index (χ1n) is 6.74. The molecule has 1 aliphatic carbocycles. The Hall–Kier alpha value is -1.82. The number of benzene rings is 1. The number of anilines is 1. The van der Waals surface area contributed by atoms with Gasteiger partial charge in [-0.1, -0.05) is 15.9 Å². The highest BCUT2D eigenvalue weighted by atomic mass is 79.9. The minimum Gasteiger partial charge on any atom is -0.397 e. The van der Waals surface area contributed by atoms with Crippen LogP contribution in [-0.2, 0) is 6.54 Å². The van der Waals surface area contributed by atoms with Crippen molar-refractivity contribution in [3.05, 3.63) is 52.0 Å². The largest absolute Gasteiger partial charge is 0.397 e. The summed E-state index contributed by atoms with van der Waals surface area (Å²) < 4.78 is 15.9. The molecule has 110 valence electrons. The van der Waals surface area contributed by atoms with Crippen LogP contribution in [0.3, 0.4) is 0 Å². The van der Waals surface area contributed by atoms with Crippen molar-refractivity contribution < 1.29 is 9.18 Å². The molecular formula is C15H15BrFN3O. The van der Waals surface area contributed by atoms with Crippen LogP contribution in [-0.4, -0.2) is 10.5 Å². The Morgan fingerprint density at radius 2 is 2.19 bits per heavy atom. The Bertz CT molecular complexity index is 694. The first kappa shape index (κ1) is 14.1. The molecule has 1 aromatic carbocycles. The number of rotatable bonds is 4. The van der Waals surface area contributed by atoms with Crippen molar-refractivity contribution in [3.63, 3.8) is 0 Å². The van der Waals surface area contributed by atoms with Crippen molar-refractivity contribution in [2.75, 3.05) is 5.73 Å². The number of nitrogens with two attached hydrogens (primary N) is 1. The summed E-state index contributed by atoms with van der Waals surface area (Å²) in [6, 6.07) is 6.45. The molecule has 0 unspecified atom stereocenters. The zero-order chi connectivity index (χ0) is 15.0. The van der Waals surface area contributed by atoms with Crippen LogP contribution in [0.15, 0.2) is 34.9 Å². The lowest BCUT2D eigenvalue weighted by Gasteiger charge is -2.09. The Morgan fingerprint density at radius 1 is 1.43 bits per heavy atom. The summed E-state index contributed by atoms with van der Waals surface area (Å²) in [4.78, 5) is 12.3. The molecule has 0 spiro atoms. The Morgan fingerprint density at radius 3 is 2.90 bits per heavy atom. The number of carbonyl (C=O) groups is 1. The fourth-order valence-corrected chi connectivity index (χ4v) is 2.67. The van der Waals surface area contributed by atoms with Crippen LogP contribution in [0, 0.1) is 5.82 Å². The number of halogens is 2. The molecule has 1 aliphatic rings. The third-order valence-electron chi connectivity index (χ3n) is 3.49. The summed E-state index contributed by atoms with van der Waals surface area (Å²) in [5, 5.41) is 2.81. The Balaban J connectivity index is 1.73. The second kappa shape index (κ2) is 5.52. The number of carbonyl (C=O) groups excluding carboxylic acids is 1. The van der Waals surface area contributed by atoms with Gasteiger partial charge < -0.3 is 15.6 Å². The van der Waals surface area contributed by atoms with E-state index in [1.165, 1.54) is 12.1 Å². The molecule has 0 bridgehead atoms. The maximum atomic E-state index is 13.2. The van der Waals surface area contributed by atoms with Gasteiger partial charge in [-0.15, -0.1) is 0 Å². The molecule has 0 atom stereocenters. The van der Waals surface area contributed by atoms with E-state index in [1.807, 2.05) is 4.57 Å². The van der Waals surface area contributed by atoms with Crippen LogP contribution in [0.5, 0.6) is 0 Å². The fourth-order valence-electron chi connectivity index (χ4n) is 2.28. The quantitative estimate of drug-likeness (QED) is 0.888. The van der Waals surface area contributed by atoms with Crippen LogP contribution < -0.4 is 11.1 Å². The standard InChI is InChI=1S/C15H15BrFN3O/c16-13-4-1-10(17)5-9(13)7-19-15(21)14-6-11(18)8-20(14)12-2-3-12/h1,4-6,8,12H,2-3,7,18H2,(H,19,21). The topological polar surface area (TPSA) is 60.1 Å². The van der Waals surface area contributed by atoms with Crippen LogP contribution >= 0.6 is 15.9 Å². The highest BCUT2D eigenvalue weighted by Gasteiger charge is 2.27. The van der Waals surface area contributed by atoms with Gasteiger partial charge in [-0.05, 0) is 42.7 Å². The SMILES string of the molecule is Nc1cc(C(=O)NCc2cc(F)ccc2Br)n(C2CC2)c1. The number of amides is 1. The van der Waals surface area contributed by atoms with Crippen LogP contribution in [0.4, 0.5) is 10.1 Å². The lowest BCUT2D eigenvalue weighted by Crippen LogP contribution is -2.25. The van der Waals surface area contributed by atoms with Gasteiger partial charge in [-0.3, -0.25) is 4.79 Å². The zero-order valence-corrected chi connectivity index (χ0v) is 12.9. The summed E-state index contributed by atoms with van der Waals surface area (Å²) in [7, 11) is 0. The van der Waals surface area contributed by atoms with Crippen LogP contribution in [0.1, 0.15) is 34.9 Å². The average Bonchev–Trinajstić information content (AvgIpc) is 3.22. The highest BCUT2D eigenvalue weighted by Crippen LogP contribution is 2.37. The Kier molecular flexibility index (Phi) is 3.71. The summed E-state index contributed by atoms with van der Waals surface area (Å²) >= 11 is 3.35. The first-order valence-corrected chi connectivity index (χ1v) is 7.53. The second-order valence-electron chi connectivity index (χ2n) is 5.22. The zero-order valence-electron chi connectivity index (χ0n) is 11.3. The van der Waals surface area contributed by atoms with Gasteiger partial charge in [0.2, 0.25) is 0 Å². The van der Waals surface area contributed by atoms with Gasteiger partial charge in [0, 0.05) is 23.3 Å². The van der Waals surface area contributed by atoms with Gasteiger partial charge in [0.1, 0.15) is 11.5 Å². The van der Waals surface area contributed by atoms with E-state index >= 15 is 0 Å². The van der Waals surface area contributed by atoms with Gasteiger partial charge in [0.25, 0.3) is 5.91 Å². The number of nitrogen functional groups attached to an aromatic ring is 1. The second-order valence-corrected chi connectivity index (χ2v) is 6.07. The molecule has 0 radical (unpaired) electrons. The molecule has 1 saturated carbocycles. The van der Waals surface area contributed by atoms with Crippen molar-refractivity contribution in [2.24, 2.45) is 0 Å². The van der Waals surface area contributed by atoms with E-state index in [0.29, 0.717) is 23.0 Å². The number of hydrogen-bond acceptors (Lipinski definition) is 2.